The van der Waals surface area contributed by atoms with Crippen molar-refractivity contribution in [2.24, 2.45) is 7.05 Å². The number of aromatic nitrogens is 1. The number of hydrogen-bond acceptors (Lipinski definition) is 3. The Morgan fingerprint density at radius 3 is 2.32 bits per heavy atom. The van der Waals surface area contributed by atoms with Crippen molar-refractivity contribution in [3.8, 4) is 0 Å². The van der Waals surface area contributed by atoms with Crippen molar-refractivity contribution < 1.29 is 14.7 Å². The van der Waals surface area contributed by atoms with Gasteiger partial charge in [-0.05, 0) is 18.6 Å². The molecule has 2 N–H and O–H groups in total. The molecule has 1 amide bonds. The van der Waals surface area contributed by atoms with E-state index in [0.29, 0.717) is 5.56 Å². The number of rotatable bonds is 4. The van der Waals surface area contributed by atoms with Crippen molar-refractivity contribution in [2.45, 2.75) is 12.5 Å². The van der Waals surface area contributed by atoms with Crippen molar-refractivity contribution in [1.82, 2.24) is 9.88 Å². The van der Waals surface area contributed by atoms with Crippen LogP contribution in [0.25, 0.3) is 0 Å². The molecule has 6 nitrogen and oxygen atoms in total. The average Bonchev–Trinajstić information content (AvgIpc) is 2.50. The first kappa shape index (κ1) is 15.5. The number of pyridine rings is 1. The van der Waals surface area contributed by atoms with Crippen molar-refractivity contribution in [3.63, 3.8) is 0 Å². The molecule has 0 aliphatic heterocycles. The van der Waals surface area contributed by atoms with E-state index < -0.39 is 17.4 Å². The molecule has 2 rings (SSSR count). The zero-order valence-corrected chi connectivity index (χ0v) is 12.2. The number of nitrogens with zero attached hydrogens (tertiary/aromatic N) is 1. The summed E-state index contributed by atoms with van der Waals surface area (Å²) in [6.45, 7) is 1.42. The molecule has 1 unspecified atom stereocenters. The van der Waals surface area contributed by atoms with E-state index in [9.17, 15) is 19.5 Å². The molecule has 0 spiro atoms. The number of benzene rings is 1. The number of carboxylic acid groups (broad SMARTS) is 1. The third-order valence-electron chi connectivity index (χ3n) is 3.49. The third-order valence-corrected chi connectivity index (χ3v) is 3.49. The number of aryl methyl sites for hydroxylation is 1. The van der Waals surface area contributed by atoms with Gasteiger partial charge in [-0.1, -0.05) is 30.3 Å². The van der Waals surface area contributed by atoms with Gasteiger partial charge in [-0.3, -0.25) is 9.59 Å². The van der Waals surface area contributed by atoms with Crippen LogP contribution in [-0.4, -0.2) is 21.6 Å². The van der Waals surface area contributed by atoms with Crippen LogP contribution in [0.15, 0.2) is 53.5 Å². The lowest BCUT2D eigenvalue weighted by molar-refractivity contribution is -0.144. The Labute approximate surface area is 127 Å². The van der Waals surface area contributed by atoms with Gasteiger partial charge in [0.2, 0.25) is 5.56 Å². The number of aliphatic carboxylic acids is 1. The highest BCUT2D eigenvalue weighted by molar-refractivity contribution is 5.97. The molecule has 0 aliphatic rings. The molecule has 2 aromatic rings. The van der Waals surface area contributed by atoms with E-state index >= 15 is 0 Å². The van der Waals surface area contributed by atoms with Gasteiger partial charge in [0.1, 0.15) is 0 Å². The van der Waals surface area contributed by atoms with E-state index in [1.807, 2.05) is 0 Å². The fourth-order valence-corrected chi connectivity index (χ4v) is 2.05. The van der Waals surface area contributed by atoms with Gasteiger partial charge < -0.3 is 15.0 Å². The van der Waals surface area contributed by atoms with Crippen molar-refractivity contribution >= 4 is 11.9 Å². The van der Waals surface area contributed by atoms with Crippen LogP contribution in [0.1, 0.15) is 22.8 Å². The van der Waals surface area contributed by atoms with Crippen LogP contribution in [0.2, 0.25) is 0 Å². The minimum Gasteiger partial charge on any atom is -0.479 e. The normalized spacial score (nSPS) is 13.2. The van der Waals surface area contributed by atoms with Gasteiger partial charge in [-0.25, -0.2) is 4.79 Å². The molecule has 0 fully saturated rings. The highest BCUT2D eigenvalue weighted by atomic mass is 16.4. The maximum absolute atomic E-state index is 12.3. The van der Waals surface area contributed by atoms with Crippen LogP contribution in [0.3, 0.4) is 0 Å². The Morgan fingerprint density at radius 2 is 1.77 bits per heavy atom. The Bertz CT molecular complexity index is 767. The fraction of sp³-hybridized carbons (Fsp3) is 0.188. The third kappa shape index (κ3) is 2.90. The summed E-state index contributed by atoms with van der Waals surface area (Å²) in [7, 11) is 1.52. The van der Waals surface area contributed by atoms with Crippen LogP contribution in [0, 0.1) is 0 Å². The van der Waals surface area contributed by atoms with Crippen molar-refractivity contribution in [2.75, 3.05) is 0 Å². The predicted octanol–water partition coefficient (Wildman–Crippen LogP) is 1.12. The maximum atomic E-state index is 12.3. The molecule has 6 heteroatoms. The number of carbonyl (C=O) groups is 2. The minimum atomic E-state index is -1.56. The maximum Gasteiger partial charge on any atom is 0.333 e. The highest BCUT2D eigenvalue weighted by Crippen LogP contribution is 2.21. The SMILES string of the molecule is Cn1cc(C(=O)NC(C)(C(=O)O)c2ccccc2)ccc1=O. The summed E-state index contributed by atoms with van der Waals surface area (Å²) >= 11 is 0. The van der Waals surface area contributed by atoms with E-state index in [1.165, 1.54) is 36.9 Å². The standard InChI is InChI=1S/C16H16N2O4/c1-16(15(21)22,12-6-4-3-5-7-12)17-14(20)11-8-9-13(19)18(2)10-11/h3-10H,1-2H3,(H,17,20)(H,21,22). The topological polar surface area (TPSA) is 88.4 Å². The molecule has 1 aromatic carbocycles. The van der Waals surface area contributed by atoms with Gasteiger partial charge in [0, 0.05) is 19.3 Å². The summed E-state index contributed by atoms with van der Waals surface area (Å²) < 4.78 is 1.26. The van der Waals surface area contributed by atoms with Gasteiger partial charge >= 0.3 is 5.97 Å². The van der Waals surface area contributed by atoms with Gasteiger partial charge in [-0.2, -0.15) is 0 Å². The molecule has 1 aromatic heterocycles. The van der Waals surface area contributed by atoms with Crippen molar-refractivity contribution in [1.29, 1.82) is 0 Å². The molecular formula is C16H16N2O4. The van der Waals surface area contributed by atoms with E-state index in [4.69, 9.17) is 0 Å². The summed E-state index contributed by atoms with van der Waals surface area (Å²) in [5.74, 6) is -1.73. The van der Waals surface area contributed by atoms with Gasteiger partial charge in [-0.15, -0.1) is 0 Å². The van der Waals surface area contributed by atoms with Crippen LogP contribution >= 0.6 is 0 Å². The lowest BCUT2D eigenvalue weighted by Crippen LogP contribution is -2.49. The zero-order valence-electron chi connectivity index (χ0n) is 12.2. The fourth-order valence-electron chi connectivity index (χ4n) is 2.05. The van der Waals surface area contributed by atoms with Crippen LogP contribution in [0.5, 0.6) is 0 Å². The largest absolute Gasteiger partial charge is 0.479 e. The van der Waals surface area contributed by atoms with Crippen LogP contribution in [0.4, 0.5) is 0 Å². The quantitative estimate of drug-likeness (QED) is 0.885. The number of carboxylic acids is 1. The summed E-state index contributed by atoms with van der Waals surface area (Å²) in [6.07, 6.45) is 1.37. The molecule has 1 atom stereocenters. The summed E-state index contributed by atoms with van der Waals surface area (Å²) in [4.78, 5) is 35.3. The first-order valence-corrected chi connectivity index (χ1v) is 6.63. The van der Waals surface area contributed by atoms with E-state index in [2.05, 4.69) is 5.32 Å². The molecule has 1 heterocycles. The first-order valence-electron chi connectivity index (χ1n) is 6.63. The van der Waals surface area contributed by atoms with Crippen molar-refractivity contribution in [3.05, 3.63) is 70.1 Å². The monoisotopic (exact) mass is 300 g/mol. The second kappa shape index (κ2) is 5.85. The number of nitrogens with one attached hydrogen (secondary N) is 1. The first-order chi connectivity index (χ1) is 10.3. The minimum absolute atomic E-state index is 0.213. The molecule has 0 aliphatic carbocycles. The summed E-state index contributed by atoms with van der Waals surface area (Å²) in [6, 6.07) is 11.1. The zero-order chi connectivity index (χ0) is 16.3. The second-order valence-electron chi connectivity index (χ2n) is 5.12. The Balaban J connectivity index is 2.36. The Morgan fingerprint density at radius 1 is 1.14 bits per heavy atom. The van der Waals surface area contributed by atoms with Crippen LogP contribution in [-0.2, 0) is 17.4 Å². The molecule has 0 radical (unpaired) electrons. The van der Waals surface area contributed by atoms with Gasteiger partial charge in [0.15, 0.2) is 5.54 Å². The Kier molecular flexibility index (Phi) is 4.12. The van der Waals surface area contributed by atoms with E-state index in [0.717, 1.165) is 0 Å². The molecule has 0 bridgehead atoms. The van der Waals surface area contributed by atoms with Gasteiger partial charge in [0.25, 0.3) is 5.91 Å². The molecule has 0 saturated heterocycles. The number of amides is 1. The van der Waals surface area contributed by atoms with E-state index in [-0.39, 0.29) is 11.1 Å². The lowest BCUT2D eigenvalue weighted by atomic mass is 9.91. The lowest BCUT2D eigenvalue weighted by Gasteiger charge is -2.26. The summed E-state index contributed by atoms with van der Waals surface area (Å²) in [5, 5.41) is 12.0. The smallest absolute Gasteiger partial charge is 0.333 e. The number of carbonyl (C=O) groups excluding carboxylic acids is 1. The van der Waals surface area contributed by atoms with Gasteiger partial charge in [0.05, 0.1) is 5.56 Å². The molecule has 22 heavy (non-hydrogen) atoms. The van der Waals surface area contributed by atoms with E-state index in [1.54, 1.807) is 30.3 Å². The summed E-state index contributed by atoms with van der Waals surface area (Å²) in [5.41, 5.74) is -1.14. The second-order valence-corrected chi connectivity index (χ2v) is 5.12. The average molecular weight is 300 g/mol. The van der Waals surface area contributed by atoms with Crippen LogP contribution < -0.4 is 10.9 Å². The number of hydrogen-bond donors (Lipinski definition) is 2. The molecular weight excluding hydrogens is 284 g/mol. The predicted molar refractivity (Wildman–Crippen MR) is 80.6 cm³/mol. The Hall–Kier alpha value is -2.89. The molecule has 0 saturated carbocycles. The highest BCUT2D eigenvalue weighted by Gasteiger charge is 2.37. The molecule has 114 valence electrons.